The van der Waals surface area contributed by atoms with Crippen molar-refractivity contribution in [1.82, 2.24) is 4.31 Å². The average molecular weight is 394 g/mol. The second kappa shape index (κ2) is 7.33. The SMILES string of the molecule is O=C(C=C(C1CC1)C1CC1)Nc1ccc(F)c(S(=O)(=O)N2CCOCC2)c1. The topological polar surface area (TPSA) is 75.7 Å². The predicted molar refractivity (Wildman–Crippen MR) is 98.1 cm³/mol. The maximum Gasteiger partial charge on any atom is 0.248 e. The Labute approximate surface area is 158 Å². The van der Waals surface area contributed by atoms with Crippen molar-refractivity contribution < 1.29 is 22.3 Å². The molecule has 8 heteroatoms. The van der Waals surface area contributed by atoms with Crippen molar-refractivity contribution in [2.75, 3.05) is 31.6 Å². The quantitative estimate of drug-likeness (QED) is 0.753. The first-order valence-electron chi connectivity index (χ1n) is 9.35. The highest BCUT2D eigenvalue weighted by atomic mass is 32.2. The molecule has 6 nitrogen and oxygen atoms in total. The Bertz CT molecular complexity index is 856. The Hall–Kier alpha value is -1.77. The van der Waals surface area contributed by atoms with Crippen LogP contribution in [0.3, 0.4) is 0 Å². The number of carbonyl (C=O) groups is 1. The zero-order chi connectivity index (χ0) is 19.0. The molecule has 2 saturated carbocycles. The third kappa shape index (κ3) is 4.23. The highest BCUT2D eigenvalue weighted by molar-refractivity contribution is 7.89. The molecule has 146 valence electrons. The minimum absolute atomic E-state index is 0.188. The summed E-state index contributed by atoms with van der Waals surface area (Å²) in [5, 5.41) is 2.69. The minimum atomic E-state index is -3.97. The number of carbonyl (C=O) groups excluding carboxylic acids is 1. The average Bonchev–Trinajstić information content (AvgIpc) is 3.56. The molecule has 1 heterocycles. The van der Waals surface area contributed by atoms with Crippen molar-refractivity contribution >= 4 is 21.6 Å². The second-order valence-electron chi connectivity index (χ2n) is 7.34. The van der Waals surface area contributed by atoms with Gasteiger partial charge < -0.3 is 10.1 Å². The van der Waals surface area contributed by atoms with Crippen molar-refractivity contribution in [3.8, 4) is 0 Å². The van der Waals surface area contributed by atoms with Gasteiger partial charge in [-0.3, -0.25) is 4.79 Å². The van der Waals surface area contributed by atoms with Crippen LogP contribution in [0.25, 0.3) is 0 Å². The molecule has 4 rings (SSSR count). The predicted octanol–water partition coefficient (Wildman–Crippen LogP) is 2.53. The van der Waals surface area contributed by atoms with E-state index in [4.69, 9.17) is 4.74 Å². The normalized spacial score (nSPS) is 20.9. The number of hydrogen-bond acceptors (Lipinski definition) is 4. The van der Waals surface area contributed by atoms with E-state index in [9.17, 15) is 17.6 Å². The number of nitrogens with zero attached hydrogens (tertiary/aromatic N) is 1. The van der Waals surface area contributed by atoms with E-state index in [0.717, 1.165) is 31.7 Å². The number of hydrogen-bond donors (Lipinski definition) is 1. The largest absolute Gasteiger partial charge is 0.379 e. The summed E-state index contributed by atoms with van der Waals surface area (Å²) in [6.07, 6.45) is 6.18. The number of rotatable bonds is 6. The third-order valence-corrected chi connectivity index (χ3v) is 7.10. The van der Waals surface area contributed by atoms with Crippen molar-refractivity contribution in [1.29, 1.82) is 0 Å². The molecule has 1 saturated heterocycles. The van der Waals surface area contributed by atoms with Gasteiger partial charge in [0, 0.05) is 24.9 Å². The molecule has 1 N–H and O–H groups in total. The van der Waals surface area contributed by atoms with E-state index < -0.39 is 20.7 Å². The van der Waals surface area contributed by atoms with Crippen LogP contribution < -0.4 is 5.32 Å². The number of benzene rings is 1. The molecular formula is C19H23FN2O4S. The van der Waals surface area contributed by atoms with Crippen LogP contribution in [0.2, 0.25) is 0 Å². The third-order valence-electron chi connectivity index (χ3n) is 5.18. The summed E-state index contributed by atoms with van der Waals surface area (Å²) < 4.78 is 46.1. The number of halogens is 1. The molecule has 3 aliphatic rings. The zero-order valence-corrected chi connectivity index (χ0v) is 15.8. The first-order valence-corrected chi connectivity index (χ1v) is 10.8. The van der Waals surface area contributed by atoms with Crippen molar-refractivity contribution in [3.05, 3.63) is 35.7 Å². The molecular weight excluding hydrogens is 371 g/mol. The molecule has 0 spiro atoms. The first kappa shape index (κ1) is 18.6. The van der Waals surface area contributed by atoms with E-state index >= 15 is 0 Å². The maximum absolute atomic E-state index is 14.2. The number of morpholine rings is 1. The standard InChI is InChI=1S/C19H23FN2O4S/c20-17-6-5-15(11-18(17)27(24,25)22-7-9-26-10-8-22)21-19(23)12-16(13-1-2-13)14-3-4-14/h5-6,11-14H,1-4,7-10H2,(H,21,23). The van der Waals surface area contributed by atoms with Crippen LogP contribution in [0.4, 0.5) is 10.1 Å². The first-order chi connectivity index (χ1) is 12.9. The summed E-state index contributed by atoms with van der Waals surface area (Å²) in [5.41, 5.74) is 1.48. The summed E-state index contributed by atoms with van der Waals surface area (Å²) >= 11 is 0. The van der Waals surface area contributed by atoms with E-state index in [0.29, 0.717) is 11.8 Å². The summed E-state index contributed by atoms with van der Waals surface area (Å²) in [6, 6.07) is 3.66. The highest BCUT2D eigenvalue weighted by Crippen LogP contribution is 2.48. The van der Waals surface area contributed by atoms with Gasteiger partial charge in [-0.2, -0.15) is 4.31 Å². The Kier molecular flexibility index (Phi) is 5.05. The number of sulfonamides is 1. The van der Waals surface area contributed by atoms with Gasteiger partial charge in [0.15, 0.2) is 0 Å². The number of allylic oxidation sites excluding steroid dienone is 1. The Morgan fingerprint density at radius 2 is 1.78 bits per heavy atom. The van der Waals surface area contributed by atoms with Crippen molar-refractivity contribution in [2.45, 2.75) is 30.6 Å². The highest BCUT2D eigenvalue weighted by Gasteiger charge is 2.36. The van der Waals surface area contributed by atoms with Gasteiger partial charge in [-0.1, -0.05) is 5.57 Å². The van der Waals surface area contributed by atoms with Crippen LogP contribution in [0.5, 0.6) is 0 Å². The Morgan fingerprint density at radius 3 is 2.37 bits per heavy atom. The maximum atomic E-state index is 14.2. The Balaban J connectivity index is 1.53. The van der Waals surface area contributed by atoms with Crippen LogP contribution >= 0.6 is 0 Å². The lowest BCUT2D eigenvalue weighted by molar-refractivity contribution is -0.112. The van der Waals surface area contributed by atoms with Crippen LogP contribution in [-0.4, -0.2) is 44.9 Å². The van der Waals surface area contributed by atoms with Gasteiger partial charge in [-0.25, -0.2) is 12.8 Å². The van der Waals surface area contributed by atoms with Gasteiger partial charge in [0.2, 0.25) is 15.9 Å². The van der Waals surface area contributed by atoms with Gasteiger partial charge in [-0.15, -0.1) is 0 Å². The number of nitrogens with one attached hydrogen (secondary N) is 1. The van der Waals surface area contributed by atoms with E-state index in [1.54, 1.807) is 6.08 Å². The molecule has 0 radical (unpaired) electrons. The lowest BCUT2D eigenvalue weighted by atomic mass is 10.1. The molecule has 0 atom stereocenters. The summed E-state index contributed by atoms with van der Waals surface area (Å²) in [6.45, 7) is 0.945. The molecule has 1 aromatic carbocycles. The fourth-order valence-electron chi connectivity index (χ4n) is 3.44. The Morgan fingerprint density at radius 1 is 1.15 bits per heavy atom. The smallest absolute Gasteiger partial charge is 0.248 e. The van der Waals surface area contributed by atoms with Crippen molar-refractivity contribution in [2.24, 2.45) is 11.8 Å². The molecule has 3 fully saturated rings. The van der Waals surface area contributed by atoms with Crippen LogP contribution in [0.15, 0.2) is 34.7 Å². The van der Waals surface area contributed by atoms with Gasteiger partial charge in [0.05, 0.1) is 13.2 Å². The summed E-state index contributed by atoms with van der Waals surface area (Å²) in [4.78, 5) is 12.0. The van der Waals surface area contributed by atoms with Crippen LogP contribution in [-0.2, 0) is 19.6 Å². The lowest BCUT2D eigenvalue weighted by Gasteiger charge is -2.26. The summed E-state index contributed by atoms with van der Waals surface area (Å²) in [7, 11) is -3.97. The number of ether oxygens (including phenoxy) is 1. The second-order valence-corrected chi connectivity index (χ2v) is 9.25. The van der Waals surface area contributed by atoms with Gasteiger partial charge >= 0.3 is 0 Å². The molecule has 27 heavy (non-hydrogen) atoms. The van der Waals surface area contributed by atoms with Gasteiger partial charge in [-0.05, 0) is 55.7 Å². The lowest BCUT2D eigenvalue weighted by Crippen LogP contribution is -2.40. The molecule has 2 aliphatic carbocycles. The van der Waals surface area contributed by atoms with E-state index in [1.165, 1.54) is 22.0 Å². The number of anilines is 1. The van der Waals surface area contributed by atoms with Gasteiger partial charge in [0.25, 0.3) is 0 Å². The number of amides is 1. The van der Waals surface area contributed by atoms with E-state index in [-0.39, 0.29) is 37.9 Å². The molecule has 0 aromatic heterocycles. The molecule has 0 bridgehead atoms. The van der Waals surface area contributed by atoms with Crippen LogP contribution in [0.1, 0.15) is 25.7 Å². The van der Waals surface area contributed by atoms with Crippen LogP contribution in [0, 0.1) is 17.7 Å². The van der Waals surface area contributed by atoms with Gasteiger partial charge in [0.1, 0.15) is 10.7 Å². The molecule has 1 aliphatic heterocycles. The zero-order valence-electron chi connectivity index (χ0n) is 15.0. The minimum Gasteiger partial charge on any atom is -0.379 e. The molecule has 0 unspecified atom stereocenters. The molecule has 1 amide bonds. The fraction of sp³-hybridized carbons (Fsp3) is 0.526. The van der Waals surface area contributed by atoms with E-state index in [2.05, 4.69) is 5.32 Å². The van der Waals surface area contributed by atoms with E-state index in [1.807, 2.05) is 0 Å². The molecule has 1 aromatic rings. The fourth-order valence-corrected chi connectivity index (χ4v) is 4.94. The van der Waals surface area contributed by atoms with Crippen molar-refractivity contribution in [3.63, 3.8) is 0 Å². The monoisotopic (exact) mass is 394 g/mol. The summed E-state index contributed by atoms with van der Waals surface area (Å²) in [5.74, 6) is -0.0701.